The number of hydrogen-bond acceptors (Lipinski definition) is 7. The van der Waals surface area contributed by atoms with Crippen molar-refractivity contribution < 1.29 is 18.6 Å². The van der Waals surface area contributed by atoms with Crippen LogP contribution in [-0.4, -0.2) is 41.5 Å². The lowest BCUT2D eigenvalue weighted by atomic mass is 10.1. The molecule has 0 spiro atoms. The van der Waals surface area contributed by atoms with E-state index in [9.17, 15) is 4.79 Å². The Labute approximate surface area is 175 Å². The third-order valence-corrected chi connectivity index (χ3v) is 5.37. The highest BCUT2D eigenvalue weighted by Gasteiger charge is 2.35. The second-order valence-corrected chi connectivity index (χ2v) is 9.51. The number of ether oxygens (including phenoxy) is 1. The van der Waals surface area contributed by atoms with Crippen molar-refractivity contribution in [2.24, 2.45) is 0 Å². The minimum Gasteiger partial charge on any atom is -0.458 e. The lowest BCUT2D eigenvalue weighted by Crippen LogP contribution is -2.36. The Balaban J connectivity index is 2.33. The van der Waals surface area contributed by atoms with Gasteiger partial charge in [0.15, 0.2) is 5.78 Å². The van der Waals surface area contributed by atoms with E-state index in [-0.39, 0.29) is 0 Å². The molecular weight excluding hydrogens is 445 g/mol. The Kier molecular flexibility index (Phi) is 8.31. The minimum absolute atomic E-state index is 0.474. The van der Waals surface area contributed by atoms with E-state index < -0.39 is 25.7 Å². The quantitative estimate of drug-likeness (QED) is 0.449. The van der Waals surface area contributed by atoms with Gasteiger partial charge in [0.25, 0.3) is 0 Å². The normalized spacial score (nSPS) is 12.7. The van der Waals surface area contributed by atoms with E-state index in [0.717, 1.165) is 5.56 Å². The third-order valence-electron chi connectivity index (χ3n) is 3.50. The molecule has 0 saturated heterocycles. The van der Waals surface area contributed by atoms with E-state index in [1.807, 2.05) is 51.1 Å². The number of halogens is 1. The van der Waals surface area contributed by atoms with E-state index in [0.29, 0.717) is 22.5 Å². The van der Waals surface area contributed by atoms with E-state index in [1.165, 1.54) is 14.2 Å². The van der Waals surface area contributed by atoms with Crippen LogP contribution in [0.3, 0.4) is 0 Å². The summed E-state index contributed by atoms with van der Waals surface area (Å²) in [6, 6.07) is 9.90. The SMILES string of the molecule is COP(OC)C(Nc1ncc(Br)nc1Cc1ccccc1)C(=O)OC(C)(C)C. The molecule has 7 nitrogen and oxygen atoms in total. The number of carbonyl (C=O) groups is 1. The zero-order valence-electron chi connectivity index (χ0n) is 16.6. The van der Waals surface area contributed by atoms with Gasteiger partial charge in [0.2, 0.25) is 8.38 Å². The molecule has 152 valence electrons. The highest BCUT2D eigenvalue weighted by atomic mass is 79.9. The number of aromatic nitrogens is 2. The molecule has 2 aromatic rings. The Morgan fingerprint density at radius 2 is 1.86 bits per heavy atom. The zero-order chi connectivity index (χ0) is 20.7. The molecule has 0 saturated carbocycles. The van der Waals surface area contributed by atoms with Crippen molar-refractivity contribution >= 4 is 36.1 Å². The van der Waals surface area contributed by atoms with Gasteiger partial charge in [-0.2, -0.15) is 0 Å². The first-order chi connectivity index (χ1) is 13.2. The summed E-state index contributed by atoms with van der Waals surface area (Å²) in [6.45, 7) is 5.43. The smallest absolute Gasteiger partial charge is 0.338 e. The summed E-state index contributed by atoms with van der Waals surface area (Å²) in [5, 5.41) is 3.13. The van der Waals surface area contributed by atoms with Gasteiger partial charge in [-0.05, 0) is 42.3 Å². The highest BCUT2D eigenvalue weighted by molar-refractivity contribution is 9.10. The Morgan fingerprint density at radius 1 is 1.21 bits per heavy atom. The predicted octanol–water partition coefficient (Wildman–Crippen LogP) is 4.51. The number of hydrogen-bond donors (Lipinski definition) is 1. The van der Waals surface area contributed by atoms with Gasteiger partial charge in [-0.1, -0.05) is 30.3 Å². The second kappa shape index (κ2) is 10.3. The van der Waals surface area contributed by atoms with Crippen molar-refractivity contribution in [1.82, 2.24) is 9.97 Å². The molecule has 2 rings (SSSR count). The van der Waals surface area contributed by atoms with Crippen molar-refractivity contribution in [2.75, 3.05) is 19.5 Å². The number of anilines is 1. The van der Waals surface area contributed by atoms with Gasteiger partial charge in [-0.15, -0.1) is 0 Å². The van der Waals surface area contributed by atoms with Gasteiger partial charge in [-0.3, -0.25) is 0 Å². The number of benzene rings is 1. The Bertz CT molecular complexity index is 782. The molecule has 1 N–H and O–H groups in total. The van der Waals surface area contributed by atoms with Crippen molar-refractivity contribution in [2.45, 2.75) is 38.6 Å². The number of rotatable bonds is 8. The lowest BCUT2D eigenvalue weighted by Gasteiger charge is -2.28. The first kappa shape index (κ1) is 22.7. The molecule has 0 aliphatic heterocycles. The summed E-state index contributed by atoms with van der Waals surface area (Å²) >= 11 is 3.36. The number of nitrogens with one attached hydrogen (secondary N) is 1. The van der Waals surface area contributed by atoms with Crippen molar-refractivity contribution in [3.05, 3.63) is 52.4 Å². The highest BCUT2D eigenvalue weighted by Crippen LogP contribution is 2.43. The molecule has 0 radical (unpaired) electrons. The fourth-order valence-corrected chi connectivity index (χ4v) is 3.75. The largest absolute Gasteiger partial charge is 0.458 e. The Morgan fingerprint density at radius 3 is 2.43 bits per heavy atom. The molecule has 1 aromatic heterocycles. The van der Waals surface area contributed by atoms with Crippen LogP contribution in [0.2, 0.25) is 0 Å². The average molecular weight is 470 g/mol. The molecule has 1 unspecified atom stereocenters. The Hall–Kier alpha value is -1.60. The number of esters is 1. The summed E-state index contributed by atoms with van der Waals surface area (Å²) < 4.78 is 16.9. The molecule has 0 aliphatic rings. The van der Waals surface area contributed by atoms with Crippen LogP contribution >= 0.6 is 24.3 Å². The van der Waals surface area contributed by atoms with Gasteiger partial charge >= 0.3 is 5.97 Å². The van der Waals surface area contributed by atoms with Crippen molar-refractivity contribution in [3.8, 4) is 0 Å². The summed E-state index contributed by atoms with van der Waals surface area (Å²) in [4.78, 5) is 21.7. The topological polar surface area (TPSA) is 82.6 Å². The van der Waals surface area contributed by atoms with Gasteiger partial charge in [0, 0.05) is 20.6 Å². The van der Waals surface area contributed by atoms with E-state index in [2.05, 4.69) is 31.2 Å². The summed E-state index contributed by atoms with van der Waals surface area (Å²) in [5.41, 5.74) is 1.13. The van der Waals surface area contributed by atoms with E-state index in [4.69, 9.17) is 13.8 Å². The standard InChI is InChI=1S/C19H25BrN3O4P/c1-19(2,3)27-18(24)17(28(25-4)26-5)23-16-14(22-15(20)12-21-16)11-13-9-7-6-8-10-13/h6-10,12,17H,11H2,1-5H3,(H,21,23). The molecule has 1 aromatic carbocycles. The maximum Gasteiger partial charge on any atom is 0.338 e. The fraction of sp³-hybridized carbons (Fsp3) is 0.421. The van der Waals surface area contributed by atoms with Crippen LogP contribution in [0.15, 0.2) is 41.1 Å². The molecule has 0 fully saturated rings. The predicted molar refractivity (Wildman–Crippen MR) is 113 cm³/mol. The molecule has 28 heavy (non-hydrogen) atoms. The minimum atomic E-state index is -1.58. The maximum atomic E-state index is 12.8. The van der Waals surface area contributed by atoms with Gasteiger partial charge < -0.3 is 19.1 Å². The molecule has 1 heterocycles. The van der Waals surface area contributed by atoms with E-state index in [1.54, 1.807) is 6.20 Å². The third kappa shape index (κ3) is 6.78. The fourth-order valence-electron chi connectivity index (χ4n) is 2.41. The van der Waals surface area contributed by atoms with Crippen LogP contribution < -0.4 is 5.32 Å². The molecular formula is C19H25BrN3O4P. The molecule has 0 aliphatic carbocycles. The van der Waals surface area contributed by atoms with Gasteiger partial charge in [0.05, 0.1) is 11.9 Å². The van der Waals surface area contributed by atoms with E-state index >= 15 is 0 Å². The molecule has 0 bridgehead atoms. The first-order valence-corrected chi connectivity index (χ1v) is 10.7. The van der Waals surface area contributed by atoms with Gasteiger partial charge in [-0.25, -0.2) is 14.8 Å². The zero-order valence-corrected chi connectivity index (χ0v) is 19.1. The monoisotopic (exact) mass is 469 g/mol. The van der Waals surface area contributed by atoms with Crippen LogP contribution in [0, 0.1) is 0 Å². The summed E-state index contributed by atoms with van der Waals surface area (Å²) in [5.74, 6) is -0.851. The maximum absolute atomic E-state index is 12.8. The van der Waals surface area contributed by atoms with Crippen LogP contribution in [0.1, 0.15) is 32.0 Å². The van der Waals surface area contributed by atoms with Crippen molar-refractivity contribution in [1.29, 1.82) is 0 Å². The van der Waals surface area contributed by atoms with Gasteiger partial charge in [0.1, 0.15) is 16.0 Å². The van der Waals surface area contributed by atoms with Crippen molar-refractivity contribution in [3.63, 3.8) is 0 Å². The molecule has 1 atom stereocenters. The average Bonchev–Trinajstić information content (AvgIpc) is 2.63. The van der Waals surface area contributed by atoms with Crippen LogP contribution in [0.25, 0.3) is 0 Å². The summed E-state index contributed by atoms with van der Waals surface area (Å²) in [7, 11) is 1.40. The first-order valence-electron chi connectivity index (χ1n) is 8.65. The summed E-state index contributed by atoms with van der Waals surface area (Å²) in [6.07, 6.45) is 2.12. The molecule has 0 amide bonds. The lowest BCUT2D eigenvalue weighted by molar-refractivity contribution is -0.153. The molecule has 9 heteroatoms. The van der Waals surface area contributed by atoms with Crippen LogP contribution in [0.5, 0.6) is 0 Å². The van der Waals surface area contributed by atoms with Crippen LogP contribution in [0.4, 0.5) is 5.82 Å². The number of nitrogens with zero attached hydrogens (tertiary/aromatic N) is 2. The number of carbonyl (C=O) groups excluding carboxylic acids is 1. The second-order valence-electron chi connectivity index (χ2n) is 6.88. The van der Waals surface area contributed by atoms with Crippen LogP contribution in [-0.2, 0) is 25.0 Å².